The molecular formula is C38H52N10O2. The Kier molecular flexibility index (Phi) is 11.1. The number of aromatic amines is 2. The average molecular weight is 681 g/mol. The van der Waals surface area contributed by atoms with Crippen molar-refractivity contribution in [2.45, 2.75) is 62.7 Å². The SMILES string of the molecule is CN(C)CCC(N)C(=O)N1CCC[C@H]1c1ncc(-c2ccc(-c3ccc(-c4cnc([C@@H]5CCCN5C(=O)[C@@H](N)CCN(C)C)[nH]4)cc3)cc2)[nH]1. The topological polar surface area (TPSA) is 156 Å². The van der Waals surface area contributed by atoms with Gasteiger partial charge >= 0.3 is 0 Å². The lowest BCUT2D eigenvalue weighted by molar-refractivity contribution is -0.134. The number of hydrogen-bond donors (Lipinski definition) is 4. The van der Waals surface area contributed by atoms with E-state index < -0.39 is 12.1 Å². The highest BCUT2D eigenvalue weighted by molar-refractivity contribution is 5.83. The molecule has 2 amide bonds. The molecule has 4 atom stereocenters. The second kappa shape index (κ2) is 15.7. The number of H-pyrrole nitrogens is 2. The first-order chi connectivity index (χ1) is 24.1. The Balaban J connectivity index is 1.08. The fraction of sp³-hybridized carbons (Fsp3) is 0.474. The van der Waals surface area contributed by atoms with E-state index in [2.05, 4.69) is 68.5 Å². The molecule has 1 unspecified atom stereocenters. The average Bonchev–Trinajstić information content (AvgIpc) is 3.95. The molecule has 4 heterocycles. The van der Waals surface area contributed by atoms with Crippen molar-refractivity contribution in [3.05, 3.63) is 72.6 Å². The molecule has 266 valence electrons. The Bertz CT molecular complexity index is 1600. The first kappa shape index (κ1) is 35.5. The number of carbonyl (C=O) groups is 2. The van der Waals surface area contributed by atoms with Crippen LogP contribution in [-0.4, -0.2) is 118 Å². The van der Waals surface area contributed by atoms with E-state index >= 15 is 0 Å². The summed E-state index contributed by atoms with van der Waals surface area (Å²) in [4.78, 5) is 50.5. The summed E-state index contributed by atoms with van der Waals surface area (Å²) in [5, 5.41) is 0. The molecule has 0 aliphatic carbocycles. The third-order valence-electron chi connectivity index (χ3n) is 10.0. The van der Waals surface area contributed by atoms with Crippen LogP contribution in [0.15, 0.2) is 60.9 Å². The van der Waals surface area contributed by atoms with E-state index in [1.807, 2.05) is 60.2 Å². The van der Waals surface area contributed by atoms with Crippen molar-refractivity contribution in [3.8, 4) is 33.6 Å². The van der Waals surface area contributed by atoms with Gasteiger partial charge in [-0.15, -0.1) is 0 Å². The van der Waals surface area contributed by atoms with Gasteiger partial charge in [-0.1, -0.05) is 48.5 Å². The van der Waals surface area contributed by atoms with Gasteiger partial charge in [-0.25, -0.2) is 9.97 Å². The minimum atomic E-state index is -0.506. The Morgan fingerprint density at radius 3 is 1.40 bits per heavy atom. The molecule has 2 aromatic carbocycles. The molecule has 2 fully saturated rings. The van der Waals surface area contributed by atoms with Gasteiger partial charge in [-0.2, -0.15) is 0 Å². The quantitative estimate of drug-likeness (QED) is 0.165. The second-order valence-corrected chi connectivity index (χ2v) is 14.3. The summed E-state index contributed by atoms with van der Waals surface area (Å²) >= 11 is 0. The normalized spacial score (nSPS) is 19.1. The summed E-state index contributed by atoms with van der Waals surface area (Å²) in [6.07, 6.45) is 8.60. The van der Waals surface area contributed by atoms with Gasteiger partial charge in [-0.05, 0) is 102 Å². The van der Waals surface area contributed by atoms with Crippen LogP contribution in [0.2, 0.25) is 0 Å². The first-order valence-corrected chi connectivity index (χ1v) is 17.8. The Morgan fingerprint density at radius 2 is 1.04 bits per heavy atom. The van der Waals surface area contributed by atoms with Crippen molar-refractivity contribution in [1.29, 1.82) is 0 Å². The highest BCUT2D eigenvalue weighted by Crippen LogP contribution is 2.34. The van der Waals surface area contributed by atoms with Gasteiger partial charge in [0.15, 0.2) is 0 Å². The lowest BCUT2D eigenvalue weighted by Gasteiger charge is -2.26. The van der Waals surface area contributed by atoms with E-state index in [0.717, 1.165) is 84.1 Å². The summed E-state index contributed by atoms with van der Waals surface area (Å²) in [7, 11) is 7.95. The summed E-state index contributed by atoms with van der Waals surface area (Å²) < 4.78 is 0. The summed E-state index contributed by atoms with van der Waals surface area (Å²) in [5.41, 5.74) is 18.7. The van der Waals surface area contributed by atoms with Crippen molar-refractivity contribution in [2.24, 2.45) is 11.5 Å². The van der Waals surface area contributed by atoms with Gasteiger partial charge in [0.25, 0.3) is 0 Å². The predicted octanol–water partition coefficient (Wildman–Crippen LogP) is 4.02. The number of benzene rings is 2. The number of nitrogens with one attached hydrogen (secondary N) is 2. The molecule has 2 saturated heterocycles. The lowest BCUT2D eigenvalue weighted by atomic mass is 10.0. The van der Waals surface area contributed by atoms with Crippen LogP contribution in [0.5, 0.6) is 0 Å². The third kappa shape index (κ3) is 7.99. The summed E-state index contributed by atoms with van der Waals surface area (Å²) in [5.74, 6) is 1.62. The monoisotopic (exact) mass is 680 g/mol. The summed E-state index contributed by atoms with van der Waals surface area (Å²) in [6, 6.07) is 15.7. The minimum absolute atomic E-state index is 0.000516. The van der Waals surface area contributed by atoms with Crippen LogP contribution in [0.4, 0.5) is 0 Å². The number of nitrogens with zero attached hydrogens (tertiary/aromatic N) is 6. The van der Waals surface area contributed by atoms with Gasteiger partial charge in [0.05, 0.1) is 47.9 Å². The number of likely N-dealkylation sites (tertiary alicyclic amines) is 2. The zero-order chi connectivity index (χ0) is 35.4. The lowest BCUT2D eigenvalue weighted by Crippen LogP contribution is -2.44. The number of aromatic nitrogens is 4. The van der Waals surface area contributed by atoms with Gasteiger partial charge in [0.2, 0.25) is 11.8 Å². The minimum Gasteiger partial charge on any atom is -0.340 e. The van der Waals surface area contributed by atoms with Crippen molar-refractivity contribution < 1.29 is 9.59 Å². The van der Waals surface area contributed by atoms with E-state index in [9.17, 15) is 9.59 Å². The predicted molar refractivity (Wildman–Crippen MR) is 197 cm³/mol. The number of hydrogen-bond acceptors (Lipinski definition) is 8. The van der Waals surface area contributed by atoms with Crippen LogP contribution >= 0.6 is 0 Å². The Morgan fingerprint density at radius 1 is 0.680 bits per heavy atom. The molecule has 12 heteroatoms. The van der Waals surface area contributed by atoms with E-state index in [1.165, 1.54) is 0 Å². The van der Waals surface area contributed by atoms with Crippen LogP contribution in [-0.2, 0) is 9.59 Å². The largest absolute Gasteiger partial charge is 0.340 e. The highest BCUT2D eigenvalue weighted by atomic mass is 16.2. The fourth-order valence-electron chi connectivity index (χ4n) is 7.09. The van der Waals surface area contributed by atoms with Crippen LogP contribution in [0.3, 0.4) is 0 Å². The molecule has 0 spiro atoms. The molecule has 12 nitrogen and oxygen atoms in total. The van der Waals surface area contributed by atoms with Crippen LogP contribution in [0, 0.1) is 0 Å². The fourth-order valence-corrected chi connectivity index (χ4v) is 7.09. The van der Waals surface area contributed by atoms with Crippen LogP contribution < -0.4 is 11.5 Å². The number of rotatable bonds is 13. The van der Waals surface area contributed by atoms with Gasteiger partial charge < -0.3 is 41.0 Å². The van der Waals surface area contributed by atoms with E-state index in [1.54, 1.807) is 0 Å². The van der Waals surface area contributed by atoms with Crippen molar-refractivity contribution in [2.75, 3.05) is 54.4 Å². The van der Waals surface area contributed by atoms with Gasteiger partial charge in [0.1, 0.15) is 11.6 Å². The van der Waals surface area contributed by atoms with Crippen molar-refractivity contribution in [3.63, 3.8) is 0 Å². The van der Waals surface area contributed by atoms with Gasteiger partial charge in [0, 0.05) is 13.1 Å². The second-order valence-electron chi connectivity index (χ2n) is 14.3. The third-order valence-corrected chi connectivity index (χ3v) is 10.0. The molecule has 0 radical (unpaired) electrons. The van der Waals surface area contributed by atoms with Gasteiger partial charge in [-0.3, -0.25) is 9.59 Å². The molecule has 0 bridgehead atoms. The molecule has 2 aliphatic heterocycles. The maximum atomic E-state index is 13.2. The number of carbonyl (C=O) groups excluding carboxylic acids is 2. The maximum absolute atomic E-state index is 13.2. The number of amides is 2. The zero-order valence-corrected chi connectivity index (χ0v) is 29.8. The Labute approximate surface area is 295 Å². The van der Waals surface area contributed by atoms with Crippen molar-refractivity contribution >= 4 is 11.8 Å². The zero-order valence-electron chi connectivity index (χ0n) is 29.8. The first-order valence-electron chi connectivity index (χ1n) is 17.8. The van der Waals surface area contributed by atoms with E-state index in [4.69, 9.17) is 11.5 Å². The number of imidazole rings is 2. The molecule has 6 N–H and O–H groups in total. The smallest absolute Gasteiger partial charge is 0.240 e. The van der Waals surface area contributed by atoms with Crippen LogP contribution in [0.1, 0.15) is 62.3 Å². The van der Waals surface area contributed by atoms with E-state index in [-0.39, 0.29) is 23.9 Å². The molecule has 2 aromatic heterocycles. The highest BCUT2D eigenvalue weighted by Gasteiger charge is 2.35. The molecule has 2 aliphatic rings. The number of nitrogens with two attached hydrogens (primary N) is 2. The molecule has 4 aromatic rings. The van der Waals surface area contributed by atoms with Crippen molar-refractivity contribution in [1.82, 2.24) is 39.5 Å². The Hall–Kier alpha value is -4.36. The standard InChI is InChI=1S/C38H52N10O2/c1-45(2)21-17-29(39)37(49)47-19-5-7-33(47)35-41-23-31(43-35)27-13-9-25(10-14-27)26-11-15-28(16-12-26)32-24-42-36(44-32)34-8-6-20-48(34)38(50)30(40)18-22-46(3)4/h9-16,23-24,29-30,33-34H,5-8,17-22,39-40H2,1-4H3,(H,41,43)(H,42,44)/t29-,30?,33-,34-/m0/s1. The van der Waals surface area contributed by atoms with E-state index in [0.29, 0.717) is 25.9 Å². The van der Waals surface area contributed by atoms with Crippen LogP contribution in [0.25, 0.3) is 33.6 Å². The maximum Gasteiger partial charge on any atom is 0.240 e. The molecule has 50 heavy (non-hydrogen) atoms. The molecule has 6 rings (SSSR count). The molecular weight excluding hydrogens is 628 g/mol. The summed E-state index contributed by atoms with van der Waals surface area (Å²) in [6.45, 7) is 2.96. The molecule has 0 saturated carbocycles.